The normalized spacial score (nSPS) is 10.4. The lowest BCUT2D eigenvalue weighted by Gasteiger charge is -2.03. The Bertz CT molecular complexity index is 496. The number of methoxy groups -OCH3 is 1. The van der Waals surface area contributed by atoms with Crippen LogP contribution in [-0.2, 0) is 6.42 Å². The number of nitrogens with two attached hydrogens (primary N) is 1. The Morgan fingerprint density at radius 3 is 2.81 bits per heavy atom. The maximum absolute atomic E-state index is 13.4. The number of benzene rings is 1. The van der Waals surface area contributed by atoms with Gasteiger partial charge in [0.25, 0.3) is 0 Å². The van der Waals surface area contributed by atoms with Crippen molar-refractivity contribution in [2.45, 2.75) is 6.42 Å². The van der Waals surface area contributed by atoms with E-state index in [0.717, 1.165) is 5.56 Å². The lowest BCUT2D eigenvalue weighted by Crippen LogP contribution is -1.92. The molecule has 0 saturated carbocycles. The monoisotopic (exact) mass is 222 g/mol. The average Bonchev–Trinajstić information content (AvgIpc) is 2.64. The molecule has 1 aromatic heterocycles. The van der Waals surface area contributed by atoms with E-state index in [-0.39, 0.29) is 11.6 Å². The van der Waals surface area contributed by atoms with E-state index >= 15 is 0 Å². The second-order valence-electron chi connectivity index (χ2n) is 3.37. The van der Waals surface area contributed by atoms with Crippen LogP contribution in [0.1, 0.15) is 11.3 Å². The summed E-state index contributed by atoms with van der Waals surface area (Å²) < 4.78 is 22.9. The molecule has 2 N–H and O–H groups in total. The van der Waals surface area contributed by atoms with Crippen molar-refractivity contribution in [3.8, 4) is 5.75 Å². The minimum absolute atomic E-state index is 0.225. The predicted molar refractivity (Wildman–Crippen MR) is 56.7 cm³/mol. The fourth-order valence-corrected chi connectivity index (χ4v) is 1.44. The molecule has 1 heterocycles. The third-order valence-corrected chi connectivity index (χ3v) is 2.18. The van der Waals surface area contributed by atoms with E-state index in [9.17, 15) is 4.39 Å². The lowest BCUT2D eigenvalue weighted by molar-refractivity contribution is 0.386. The molecular weight excluding hydrogens is 211 g/mol. The Labute approximate surface area is 91.8 Å². The number of rotatable bonds is 3. The summed E-state index contributed by atoms with van der Waals surface area (Å²) in [7, 11) is 1.43. The third kappa shape index (κ3) is 2.13. The van der Waals surface area contributed by atoms with Gasteiger partial charge in [0.15, 0.2) is 11.6 Å². The van der Waals surface area contributed by atoms with Gasteiger partial charge in [-0.05, 0) is 17.7 Å². The third-order valence-electron chi connectivity index (χ3n) is 2.18. The molecule has 0 aliphatic heterocycles. The van der Waals surface area contributed by atoms with E-state index in [4.69, 9.17) is 15.0 Å². The Kier molecular flexibility index (Phi) is 2.76. The molecule has 1 aromatic carbocycles. The Hall–Kier alpha value is -2.04. The SMILES string of the molecule is COc1ccc(Cc2cc(N)on2)cc1F. The minimum Gasteiger partial charge on any atom is -0.494 e. The maximum Gasteiger partial charge on any atom is 0.222 e. The first-order chi connectivity index (χ1) is 7.69. The number of hydrogen-bond acceptors (Lipinski definition) is 4. The van der Waals surface area contributed by atoms with Crippen LogP contribution in [0.5, 0.6) is 5.75 Å². The van der Waals surface area contributed by atoms with Crippen LogP contribution in [-0.4, -0.2) is 12.3 Å². The van der Waals surface area contributed by atoms with E-state index in [1.54, 1.807) is 18.2 Å². The minimum atomic E-state index is -0.392. The molecular formula is C11H11FN2O2. The molecule has 0 fully saturated rings. The molecule has 84 valence electrons. The van der Waals surface area contributed by atoms with Gasteiger partial charge in [-0.2, -0.15) is 0 Å². The standard InChI is InChI=1S/C11H11FN2O2/c1-15-10-3-2-7(5-9(10)12)4-8-6-11(13)16-14-8/h2-3,5-6H,4,13H2,1H3. The molecule has 0 unspecified atom stereocenters. The summed E-state index contributed by atoms with van der Waals surface area (Å²) in [6, 6.07) is 6.37. The van der Waals surface area contributed by atoms with E-state index in [1.807, 2.05) is 0 Å². The summed E-state index contributed by atoms with van der Waals surface area (Å²) in [5.41, 5.74) is 6.84. The van der Waals surface area contributed by atoms with Gasteiger partial charge in [0, 0.05) is 12.5 Å². The van der Waals surface area contributed by atoms with Crippen LogP contribution in [0.15, 0.2) is 28.8 Å². The van der Waals surface area contributed by atoms with Gasteiger partial charge in [-0.25, -0.2) is 4.39 Å². The number of aromatic nitrogens is 1. The smallest absolute Gasteiger partial charge is 0.222 e. The zero-order valence-corrected chi connectivity index (χ0v) is 8.74. The highest BCUT2D eigenvalue weighted by Gasteiger charge is 2.06. The van der Waals surface area contributed by atoms with Gasteiger partial charge < -0.3 is 15.0 Å². The second kappa shape index (κ2) is 4.22. The topological polar surface area (TPSA) is 61.3 Å². The molecule has 0 aliphatic carbocycles. The Balaban J connectivity index is 2.19. The fraction of sp³-hybridized carbons (Fsp3) is 0.182. The number of nitrogens with zero attached hydrogens (tertiary/aromatic N) is 1. The maximum atomic E-state index is 13.4. The van der Waals surface area contributed by atoms with Crippen LogP contribution in [0, 0.1) is 5.82 Å². The summed E-state index contributed by atoms with van der Waals surface area (Å²) in [6.07, 6.45) is 0.474. The van der Waals surface area contributed by atoms with Crippen molar-refractivity contribution in [2.75, 3.05) is 12.8 Å². The molecule has 0 aliphatic rings. The number of anilines is 1. The summed E-state index contributed by atoms with van der Waals surface area (Å²) in [6.45, 7) is 0. The summed E-state index contributed by atoms with van der Waals surface area (Å²) >= 11 is 0. The highest BCUT2D eigenvalue weighted by molar-refractivity contribution is 5.33. The molecule has 0 spiro atoms. The lowest BCUT2D eigenvalue weighted by atomic mass is 10.1. The number of halogens is 1. The summed E-state index contributed by atoms with van der Waals surface area (Å²) in [4.78, 5) is 0. The molecule has 0 saturated heterocycles. The van der Waals surface area contributed by atoms with Crippen molar-refractivity contribution in [3.05, 3.63) is 41.3 Å². The molecule has 5 heteroatoms. The summed E-state index contributed by atoms with van der Waals surface area (Å²) in [5, 5.41) is 3.73. The van der Waals surface area contributed by atoms with E-state index in [2.05, 4.69) is 5.16 Å². The first-order valence-electron chi connectivity index (χ1n) is 4.72. The predicted octanol–water partition coefficient (Wildman–Crippen LogP) is 2.00. The van der Waals surface area contributed by atoms with Gasteiger partial charge in [-0.3, -0.25) is 0 Å². The first kappa shape index (κ1) is 10.5. The summed E-state index contributed by atoms with van der Waals surface area (Å²) in [5.74, 6) is 0.0869. The number of hydrogen-bond donors (Lipinski definition) is 1. The highest BCUT2D eigenvalue weighted by Crippen LogP contribution is 2.19. The Morgan fingerprint density at radius 1 is 1.44 bits per heavy atom. The van der Waals surface area contributed by atoms with Gasteiger partial charge >= 0.3 is 0 Å². The van der Waals surface area contributed by atoms with Gasteiger partial charge in [-0.1, -0.05) is 11.2 Å². The quantitative estimate of drug-likeness (QED) is 0.862. The molecule has 0 bridgehead atoms. The van der Waals surface area contributed by atoms with Gasteiger partial charge in [0.1, 0.15) is 0 Å². The zero-order valence-electron chi connectivity index (χ0n) is 8.74. The van der Waals surface area contributed by atoms with Crippen molar-refractivity contribution in [1.82, 2.24) is 5.16 Å². The second-order valence-corrected chi connectivity index (χ2v) is 3.37. The van der Waals surface area contributed by atoms with Crippen molar-refractivity contribution < 1.29 is 13.7 Å². The molecule has 0 atom stereocenters. The molecule has 4 nitrogen and oxygen atoms in total. The van der Waals surface area contributed by atoms with Crippen molar-refractivity contribution in [3.63, 3.8) is 0 Å². The Morgan fingerprint density at radius 2 is 2.25 bits per heavy atom. The van der Waals surface area contributed by atoms with E-state index in [0.29, 0.717) is 12.1 Å². The van der Waals surface area contributed by atoms with Gasteiger partial charge in [0.2, 0.25) is 5.88 Å². The van der Waals surface area contributed by atoms with Crippen LogP contribution < -0.4 is 10.5 Å². The van der Waals surface area contributed by atoms with E-state index < -0.39 is 5.82 Å². The van der Waals surface area contributed by atoms with Crippen LogP contribution in [0.3, 0.4) is 0 Å². The van der Waals surface area contributed by atoms with Crippen LogP contribution >= 0.6 is 0 Å². The molecule has 0 amide bonds. The van der Waals surface area contributed by atoms with Gasteiger partial charge in [0.05, 0.1) is 12.8 Å². The molecule has 2 rings (SSSR count). The van der Waals surface area contributed by atoms with Gasteiger partial charge in [-0.15, -0.1) is 0 Å². The molecule has 16 heavy (non-hydrogen) atoms. The van der Waals surface area contributed by atoms with Crippen molar-refractivity contribution in [2.24, 2.45) is 0 Å². The van der Waals surface area contributed by atoms with Crippen molar-refractivity contribution >= 4 is 5.88 Å². The number of nitrogen functional groups attached to an aromatic ring is 1. The average molecular weight is 222 g/mol. The van der Waals surface area contributed by atoms with Crippen LogP contribution in [0.4, 0.5) is 10.3 Å². The molecule has 0 radical (unpaired) electrons. The fourth-order valence-electron chi connectivity index (χ4n) is 1.44. The number of ether oxygens (including phenoxy) is 1. The largest absolute Gasteiger partial charge is 0.494 e. The highest BCUT2D eigenvalue weighted by atomic mass is 19.1. The van der Waals surface area contributed by atoms with Crippen molar-refractivity contribution in [1.29, 1.82) is 0 Å². The van der Waals surface area contributed by atoms with E-state index in [1.165, 1.54) is 13.2 Å². The first-order valence-corrected chi connectivity index (χ1v) is 4.72. The zero-order chi connectivity index (χ0) is 11.5. The van der Waals surface area contributed by atoms with Crippen LogP contribution in [0.25, 0.3) is 0 Å². The molecule has 2 aromatic rings. The van der Waals surface area contributed by atoms with Crippen LogP contribution in [0.2, 0.25) is 0 Å².